The second-order valence-corrected chi connectivity index (χ2v) is 6.97. The quantitative estimate of drug-likeness (QED) is 0.860. The molecule has 126 valence electrons. The molecular weight excluding hydrogens is 312 g/mol. The van der Waals surface area contributed by atoms with Gasteiger partial charge in [0.05, 0.1) is 5.69 Å². The van der Waals surface area contributed by atoms with Crippen LogP contribution in [0, 0.1) is 26.7 Å². The Hall–Kier alpha value is -1.40. The normalized spacial score (nSPS) is 19.4. The van der Waals surface area contributed by atoms with Gasteiger partial charge in [0.1, 0.15) is 16.8 Å². The average Bonchev–Trinajstić information content (AvgIpc) is 2.93. The van der Waals surface area contributed by atoms with Crippen molar-refractivity contribution in [1.29, 1.82) is 0 Å². The first-order valence-electron chi connectivity index (χ1n) is 8.22. The molecule has 7 heteroatoms. The van der Waals surface area contributed by atoms with E-state index in [1.807, 2.05) is 32.5 Å². The Balaban J connectivity index is 1.65. The number of aryl methyl sites for hydroxylation is 4. The first kappa shape index (κ1) is 16.5. The van der Waals surface area contributed by atoms with Crippen molar-refractivity contribution in [3.05, 3.63) is 28.1 Å². The molecular formula is C16H25ClN6. The first-order valence-corrected chi connectivity index (χ1v) is 8.60. The topological polar surface area (TPSA) is 51.8 Å². The summed E-state index contributed by atoms with van der Waals surface area (Å²) in [7, 11) is 1.90. The number of rotatable bonds is 4. The molecule has 1 aliphatic heterocycles. The molecule has 3 rings (SSSR count). The molecule has 2 aromatic heterocycles. The minimum absolute atomic E-state index is 0.610. The van der Waals surface area contributed by atoms with Crippen molar-refractivity contribution in [1.82, 2.24) is 29.4 Å². The number of likely N-dealkylation sites (tertiary alicyclic amines) is 1. The fourth-order valence-corrected chi connectivity index (χ4v) is 3.73. The highest BCUT2D eigenvalue weighted by molar-refractivity contribution is 6.30. The van der Waals surface area contributed by atoms with Gasteiger partial charge in [-0.2, -0.15) is 10.2 Å². The summed E-state index contributed by atoms with van der Waals surface area (Å²) in [4.78, 5) is 6.89. The van der Waals surface area contributed by atoms with E-state index in [4.69, 9.17) is 11.6 Å². The second-order valence-electron chi connectivity index (χ2n) is 6.61. The van der Waals surface area contributed by atoms with Crippen molar-refractivity contribution in [2.75, 3.05) is 13.1 Å². The van der Waals surface area contributed by atoms with E-state index < -0.39 is 0 Å². The summed E-state index contributed by atoms with van der Waals surface area (Å²) in [5, 5.41) is 9.67. The van der Waals surface area contributed by atoms with E-state index in [9.17, 15) is 0 Å². The van der Waals surface area contributed by atoms with Crippen LogP contribution in [0.2, 0.25) is 5.15 Å². The van der Waals surface area contributed by atoms with Crippen LogP contribution >= 0.6 is 11.6 Å². The van der Waals surface area contributed by atoms with Gasteiger partial charge in [-0.05, 0) is 46.1 Å². The molecule has 0 radical (unpaired) electrons. The summed E-state index contributed by atoms with van der Waals surface area (Å²) >= 11 is 6.37. The number of hydrogen-bond acceptors (Lipinski definition) is 4. The van der Waals surface area contributed by atoms with Crippen molar-refractivity contribution in [3.8, 4) is 0 Å². The summed E-state index contributed by atoms with van der Waals surface area (Å²) in [6.07, 6.45) is 2.46. The third-order valence-electron chi connectivity index (χ3n) is 4.65. The highest BCUT2D eigenvalue weighted by Gasteiger charge is 2.23. The lowest BCUT2D eigenvalue weighted by Gasteiger charge is -2.32. The fourth-order valence-electron chi connectivity index (χ4n) is 3.50. The molecule has 0 aromatic carbocycles. The molecule has 23 heavy (non-hydrogen) atoms. The van der Waals surface area contributed by atoms with Gasteiger partial charge in [-0.1, -0.05) is 11.6 Å². The van der Waals surface area contributed by atoms with Crippen LogP contribution in [0.15, 0.2) is 0 Å². The highest BCUT2D eigenvalue weighted by Crippen LogP contribution is 2.25. The summed E-state index contributed by atoms with van der Waals surface area (Å²) in [5.74, 6) is 2.47. The molecule has 0 spiro atoms. The molecule has 1 atom stereocenters. The Morgan fingerprint density at radius 3 is 2.61 bits per heavy atom. The molecule has 0 amide bonds. The van der Waals surface area contributed by atoms with Crippen molar-refractivity contribution in [2.45, 2.75) is 46.7 Å². The maximum atomic E-state index is 6.37. The lowest BCUT2D eigenvalue weighted by Crippen LogP contribution is -2.37. The standard InChI is InChI=1S/C16H25ClN6/c1-11-15(16(17)21(4)19-11)10-22-7-5-6-14(8-22)9-23-13(3)18-12(2)20-23/h14H,5-10H2,1-4H3. The van der Waals surface area contributed by atoms with Gasteiger partial charge < -0.3 is 0 Å². The van der Waals surface area contributed by atoms with E-state index in [0.29, 0.717) is 5.92 Å². The molecule has 2 aromatic rings. The Labute approximate surface area is 142 Å². The zero-order chi connectivity index (χ0) is 16.6. The third-order valence-corrected chi connectivity index (χ3v) is 5.12. The fraction of sp³-hybridized carbons (Fsp3) is 0.688. The maximum absolute atomic E-state index is 6.37. The van der Waals surface area contributed by atoms with E-state index >= 15 is 0 Å². The second kappa shape index (κ2) is 6.61. The minimum atomic E-state index is 0.610. The Bertz CT molecular complexity index is 689. The summed E-state index contributed by atoms with van der Waals surface area (Å²) < 4.78 is 3.81. The van der Waals surface area contributed by atoms with E-state index in [0.717, 1.165) is 54.2 Å². The van der Waals surface area contributed by atoms with Gasteiger partial charge in [0.15, 0.2) is 0 Å². The third kappa shape index (κ3) is 3.58. The highest BCUT2D eigenvalue weighted by atomic mass is 35.5. The van der Waals surface area contributed by atoms with Crippen LogP contribution in [0.25, 0.3) is 0 Å². The van der Waals surface area contributed by atoms with E-state index in [1.165, 1.54) is 12.8 Å². The van der Waals surface area contributed by atoms with Crippen molar-refractivity contribution >= 4 is 11.6 Å². The molecule has 0 bridgehead atoms. The largest absolute Gasteiger partial charge is 0.299 e. The Kier molecular flexibility index (Phi) is 4.73. The summed E-state index contributed by atoms with van der Waals surface area (Å²) in [5.41, 5.74) is 2.19. The van der Waals surface area contributed by atoms with Crippen LogP contribution in [0.3, 0.4) is 0 Å². The molecule has 0 N–H and O–H groups in total. The van der Waals surface area contributed by atoms with Crippen LogP contribution in [0.1, 0.15) is 35.7 Å². The average molecular weight is 337 g/mol. The van der Waals surface area contributed by atoms with E-state index in [2.05, 4.69) is 20.1 Å². The molecule has 0 aliphatic carbocycles. The molecule has 1 fully saturated rings. The van der Waals surface area contributed by atoms with Crippen LogP contribution in [0.5, 0.6) is 0 Å². The predicted octanol–water partition coefficient (Wildman–Crippen LogP) is 2.50. The van der Waals surface area contributed by atoms with Crippen LogP contribution in [0.4, 0.5) is 0 Å². The van der Waals surface area contributed by atoms with Gasteiger partial charge in [-0.15, -0.1) is 0 Å². The molecule has 1 saturated heterocycles. The first-order chi connectivity index (χ1) is 10.9. The van der Waals surface area contributed by atoms with Crippen molar-refractivity contribution < 1.29 is 0 Å². The Morgan fingerprint density at radius 2 is 2.00 bits per heavy atom. The molecule has 0 saturated carbocycles. The minimum Gasteiger partial charge on any atom is -0.299 e. The van der Waals surface area contributed by atoms with E-state index in [1.54, 1.807) is 4.68 Å². The Morgan fingerprint density at radius 1 is 1.22 bits per heavy atom. The monoisotopic (exact) mass is 336 g/mol. The SMILES string of the molecule is Cc1nc(C)n(CC2CCCN(Cc3c(C)nn(C)c3Cl)C2)n1. The number of halogens is 1. The number of aromatic nitrogens is 5. The van der Waals surface area contributed by atoms with Gasteiger partial charge in [0, 0.05) is 32.2 Å². The van der Waals surface area contributed by atoms with E-state index in [-0.39, 0.29) is 0 Å². The van der Waals surface area contributed by atoms with Gasteiger partial charge in [0.2, 0.25) is 0 Å². The smallest absolute Gasteiger partial charge is 0.147 e. The number of nitrogens with zero attached hydrogens (tertiary/aromatic N) is 6. The summed E-state index contributed by atoms with van der Waals surface area (Å²) in [6, 6.07) is 0. The zero-order valence-electron chi connectivity index (χ0n) is 14.4. The van der Waals surface area contributed by atoms with Gasteiger partial charge >= 0.3 is 0 Å². The van der Waals surface area contributed by atoms with Crippen LogP contribution in [-0.4, -0.2) is 42.5 Å². The predicted molar refractivity (Wildman–Crippen MR) is 90.5 cm³/mol. The maximum Gasteiger partial charge on any atom is 0.147 e. The van der Waals surface area contributed by atoms with Crippen LogP contribution in [-0.2, 0) is 20.1 Å². The lowest BCUT2D eigenvalue weighted by atomic mass is 9.97. The summed E-state index contributed by atoms with van der Waals surface area (Å²) in [6.45, 7) is 10.0. The molecule has 3 heterocycles. The lowest BCUT2D eigenvalue weighted by molar-refractivity contribution is 0.152. The molecule has 1 unspecified atom stereocenters. The van der Waals surface area contributed by atoms with Gasteiger partial charge in [0.25, 0.3) is 0 Å². The number of hydrogen-bond donors (Lipinski definition) is 0. The van der Waals surface area contributed by atoms with Gasteiger partial charge in [-0.3, -0.25) is 9.58 Å². The van der Waals surface area contributed by atoms with Crippen molar-refractivity contribution in [2.24, 2.45) is 13.0 Å². The number of piperidine rings is 1. The van der Waals surface area contributed by atoms with Gasteiger partial charge in [-0.25, -0.2) is 9.67 Å². The zero-order valence-corrected chi connectivity index (χ0v) is 15.1. The van der Waals surface area contributed by atoms with Crippen LogP contribution < -0.4 is 0 Å². The molecule has 1 aliphatic rings. The molecule has 6 nitrogen and oxygen atoms in total. The van der Waals surface area contributed by atoms with Crippen molar-refractivity contribution in [3.63, 3.8) is 0 Å².